The lowest BCUT2D eigenvalue weighted by atomic mass is 10.2. The second-order valence-corrected chi connectivity index (χ2v) is 6.30. The predicted molar refractivity (Wildman–Crippen MR) is 100 cm³/mol. The summed E-state index contributed by atoms with van der Waals surface area (Å²) >= 11 is 0. The number of carbonyl (C=O) groups is 2. The maximum absolute atomic E-state index is 13.1. The lowest BCUT2D eigenvalue weighted by molar-refractivity contribution is -0.128. The highest BCUT2D eigenvalue weighted by Gasteiger charge is 2.17. The predicted octanol–water partition coefficient (Wildman–Crippen LogP) is 1.87. The number of hydrogen-bond acceptors (Lipinski definition) is 4. The van der Waals surface area contributed by atoms with Crippen molar-refractivity contribution in [3.8, 4) is 5.75 Å². The molecule has 0 aromatic heterocycles. The number of benzene rings is 2. The van der Waals surface area contributed by atoms with Gasteiger partial charge in [-0.3, -0.25) is 9.59 Å². The van der Waals surface area contributed by atoms with E-state index in [-0.39, 0.29) is 18.3 Å². The van der Waals surface area contributed by atoms with Crippen molar-refractivity contribution in [2.75, 3.05) is 0 Å². The average molecular weight is 373 g/mol. The summed E-state index contributed by atoms with van der Waals surface area (Å²) in [7, 11) is 0. The fourth-order valence-electron chi connectivity index (χ4n) is 2.27. The third-order valence-corrected chi connectivity index (χ3v) is 4.01. The fourth-order valence-corrected chi connectivity index (χ4v) is 2.27. The third-order valence-electron chi connectivity index (χ3n) is 4.01. The van der Waals surface area contributed by atoms with Crippen LogP contribution < -0.4 is 21.1 Å². The molecule has 144 valence electrons. The minimum absolute atomic E-state index is 0.282. The van der Waals surface area contributed by atoms with E-state index in [1.165, 1.54) is 19.1 Å². The van der Waals surface area contributed by atoms with E-state index in [2.05, 4.69) is 10.6 Å². The van der Waals surface area contributed by atoms with Crippen molar-refractivity contribution in [1.82, 2.24) is 10.6 Å². The molecular weight excluding hydrogens is 349 g/mol. The van der Waals surface area contributed by atoms with Crippen LogP contribution in [0.25, 0.3) is 0 Å². The summed E-state index contributed by atoms with van der Waals surface area (Å²) in [5.74, 6) is -0.495. The number of amides is 2. The van der Waals surface area contributed by atoms with Crippen LogP contribution >= 0.6 is 0 Å². The summed E-state index contributed by atoms with van der Waals surface area (Å²) in [6, 6.07) is 12.5. The summed E-state index contributed by atoms with van der Waals surface area (Å²) in [5, 5.41) is 5.62. The van der Waals surface area contributed by atoms with E-state index in [9.17, 15) is 14.0 Å². The SMILES string of the molecule is CC(NC(=O)C(C)NCc1ccc(OCc2cccc(F)c2)cc1)C(N)=O. The first kappa shape index (κ1) is 20.4. The van der Waals surface area contributed by atoms with Crippen LogP contribution in [0.3, 0.4) is 0 Å². The summed E-state index contributed by atoms with van der Waals surface area (Å²) < 4.78 is 18.8. The zero-order valence-electron chi connectivity index (χ0n) is 15.4. The molecule has 7 heteroatoms. The lowest BCUT2D eigenvalue weighted by Gasteiger charge is -2.16. The Kier molecular flexibility index (Phi) is 7.31. The van der Waals surface area contributed by atoms with Crippen LogP contribution in [0.15, 0.2) is 48.5 Å². The van der Waals surface area contributed by atoms with Gasteiger partial charge >= 0.3 is 0 Å². The Morgan fingerprint density at radius 2 is 1.78 bits per heavy atom. The van der Waals surface area contributed by atoms with Gasteiger partial charge < -0.3 is 21.1 Å². The number of halogens is 1. The molecule has 2 atom stereocenters. The van der Waals surface area contributed by atoms with Crippen LogP contribution in [0.2, 0.25) is 0 Å². The van der Waals surface area contributed by atoms with Gasteiger partial charge in [0.2, 0.25) is 11.8 Å². The molecule has 2 aromatic rings. The molecule has 0 aliphatic heterocycles. The van der Waals surface area contributed by atoms with Gasteiger partial charge in [0.05, 0.1) is 6.04 Å². The highest BCUT2D eigenvalue weighted by molar-refractivity contribution is 5.88. The fraction of sp³-hybridized carbons (Fsp3) is 0.300. The second-order valence-electron chi connectivity index (χ2n) is 6.30. The Morgan fingerprint density at radius 1 is 1.07 bits per heavy atom. The quantitative estimate of drug-likeness (QED) is 0.626. The van der Waals surface area contributed by atoms with Crippen molar-refractivity contribution in [3.63, 3.8) is 0 Å². The van der Waals surface area contributed by atoms with Gasteiger partial charge in [0.15, 0.2) is 0 Å². The number of primary amides is 1. The summed E-state index contributed by atoms with van der Waals surface area (Å²) in [4.78, 5) is 22.9. The normalized spacial score (nSPS) is 12.9. The van der Waals surface area contributed by atoms with Gasteiger partial charge in [0.25, 0.3) is 0 Å². The van der Waals surface area contributed by atoms with Crippen molar-refractivity contribution in [3.05, 3.63) is 65.5 Å². The van der Waals surface area contributed by atoms with Crippen LogP contribution in [0.1, 0.15) is 25.0 Å². The first-order chi connectivity index (χ1) is 12.8. The van der Waals surface area contributed by atoms with Crippen molar-refractivity contribution >= 4 is 11.8 Å². The first-order valence-corrected chi connectivity index (χ1v) is 8.64. The van der Waals surface area contributed by atoms with Gasteiger partial charge in [-0.15, -0.1) is 0 Å². The number of hydrogen-bond donors (Lipinski definition) is 3. The Morgan fingerprint density at radius 3 is 2.41 bits per heavy atom. The van der Waals surface area contributed by atoms with Gasteiger partial charge in [-0.2, -0.15) is 0 Å². The Balaban J connectivity index is 1.79. The zero-order chi connectivity index (χ0) is 19.8. The van der Waals surface area contributed by atoms with E-state index in [0.717, 1.165) is 11.1 Å². The number of rotatable bonds is 9. The van der Waals surface area contributed by atoms with Crippen molar-refractivity contribution in [2.24, 2.45) is 5.73 Å². The first-order valence-electron chi connectivity index (χ1n) is 8.64. The molecule has 0 radical (unpaired) electrons. The second kappa shape index (κ2) is 9.68. The summed E-state index contributed by atoms with van der Waals surface area (Å²) in [5.41, 5.74) is 6.85. The molecule has 0 saturated carbocycles. The maximum atomic E-state index is 13.1. The van der Waals surface area contributed by atoms with E-state index in [0.29, 0.717) is 12.3 Å². The molecule has 2 amide bonds. The molecule has 0 aliphatic carbocycles. The Labute approximate surface area is 157 Å². The van der Waals surface area contributed by atoms with E-state index in [1.54, 1.807) is 19.1 Å². The van der Waals surface area contributed by atoms with Gasteiger partial charge in [0.1, 0.15) is 24.2 Å². The molecule has 0 spiro atoms. The van der Waals surface area contributed by atoms with Gasteiger partial charge in [-0.25, -0.2) is 4.39 Å². The van der Waals surface area contributed by atoms with Crippen LogP contribution in [0.5, 0.6) is 5.75 Å². The minimum atomic E-state index is -0.712. The maximum Gasteiger partial charge on any atom is 0.239 e. The molecule has 0 saturated heterocycles. The summed E-state index contributed by atoms with van der Waals surface area (Å²) in [6.45, 7) is 4.00. The average Bonchev–Trinajstić information content (AvgIpc) is 2.65. The Hall–Kier alpha value is -2.93. The van der Waals surface area contributed by atoms with E-state index in [1.807, 2.05) is 24.3 Å². The molecule has 0 aliphatic rings. The third kappa shape index (κ3) is 6.71. The molecule has 27 heavy (non-hydrogen) atoms. The standard InChI is InChI=1S/C20H24FN3O3/c1-13(19(22)25)24-20(26)14(2)23-11-15-6-8-18(9-7-15)27-12-16-4-3-5-17(21)10-16/h3-10,13-14,23H,11-12H2,1-2H3,(H2,22,25)(H,24,26). The molecule has 2 unspecified atom stereocenters. The molecule has 2 aromatic carbocycles. The van der Waals surface area contributed by atoms with Crippen LogP contribution in [-0.4, -0.2) is 23.9 Å². The largest absolute Gasteiger partial charge is 0.489 e. The van der Waals surface area contributed by atoms with Crippen LogP contribution in [0.4, 0.5) is 4.39 Å². The van der Waals surface area contributed by atoms with Crippen LogP contribution in [0, 0.1) is 5.82 Å². The minimum Gasteiger partial charge on any atom is -0.489 e. The monoisotopic (exact) mass is 373 g/mol. The van der Waals surface area contributed by atoms with E-state index in [4.69, 9.17) is 10.5 Å². The van der Waals surface area contributed by atoms with Crippen LogP contribution in [-0.2, 0) is 22.7 Å². The van der Waals surface area contributed by atoms with E-state index >= 15 is 0 Å². The Bertz CT molecular complexity index is 780. The summed E-state index contributed by atoms with van der Waals surface area (Å²) in [6.07, 6.45) is 0. The van der Waals surface area contributed by atoms with Gasteiger partial charge in [-0.1, -0.05) is 24.3 Å². The smallest absolute Gasteiger partial charge is 0.239 e. The van der Waals surface area contributed by atoms with Gasteiger partial charge in [0, 0.05) is 6.54 Å². The topological polar surface area (TPSA) is 93.4 Å². The van der Waals surface area contributed by atoms with Crippen molar-refractivity contribution in [1.29, 1.82) is 0 Å². The number of nitrogens with one attached hydrogen (secondary N) is 2. The molecular formula is C20H24FN3O3. The number of carbonyl (C=O) groups excluding carboxylic acids is 2. The molecule has 4 N–H and O–H groups in total. The van der Waals surface area contributed by atoms with Crippen molar-refractivity contribution in [2.45, 2.75) is 39.1 Å². The highest BCUT2D eigenvalue weighted by Crippen LogP contribution is 2.15. The highest BCUT2D eigenvalue weighted by atomic mass is 19.1. The van der Waals surface area contributed by atoms with Gasteiger partial charge in [-0.05, 0) is 49.2 Å². The number of ether oxygens (including phenoxy) is 1. The van der Waals surface area contributed by atoms with Crippen molar-refractivity contribution < 1.29 is 18.7 Å². The number of nitrogens with two attached hydrogens (primary N) is 1. The lowest BCUT2D eigenvalue weighted by Crippen LogP contribution is -2.49. The molecule has 0 fully saturated rings. The molecule has 2 rings (SSSR count). The van der Waals surface area contributed by atoms with E-state index < -0.39 is 18.0 Å². The molecule has 0 heterocycles. The molecule has 6 nitrogen and oxygen atoms in total. The zero-order valence-corrected chi connectivity index (χ0v) is 15.4. The molecule has 0 bridgehead atoms.